The average Bonchev–Trinajstić information content (AvgIpc) is 2.64. The Bertz CT molecular complexity index is 700. The highest BCUT2D eigenvalue weighted by atomic mass is 127. The van der Waals surface area contributed by atoms with Crippen molar-refractivity contribution in [2.45, 2.75) is 26.4 Å². The van der Waals surface area contributed by atoms with Crippen molar-refractivity contribution in [3.8, 4) is 0 Å². The number of nitrogens with zero attached hydrogens (tertiary/aromatic N) is 2. The maximum Gasteiger partial charge on any atom is 0.435 e. The molecule has 20 heavy (non-hydrogen) atoms. The van der Waals surface area contributed by atoms with Crippen LogP contribution in [0.3, 0.4) is 0 Å². The van der Waals surface area contributed by atoms with Crippen LogP contribution in [-0.4, -0.2) is 32.6 Å². The third-order valence-electron chi connectivity index (χ3n) is 2.45. The fraction of sp³-hybridized carbons (Fsp3) is 0.308. The molecule has 0 aliphatic carbocycles. The van der Waals surface area contributed by atoms with E-state index in [1.807, 2.05) is 22.6 Å². The lowest BCUT2D eigenvalue weighted by Gasteiger charge is -2.19. The van der Waals surface area contributed by atoms with Crippen LogP contribution in [-0.2, 0) is 4.74 Å². The van der Waals surface area contributed by atoms with Crippen molar-refractivity contribution in [1.29, 1.82) is 0 Å². The van der Waals surface area contributed by atoms with Crippen LogP contribution in [0, 0.1) is 3.70 Å². The van der Waals surface area contributed by atoms with Gasteiger partial charge in [0.1, 0.15) is 9.30 Å². The lowest BCUT2D eigenvalue weighted by atomic mass is 10.2. The molecule has 2 rings (SSSR count). The molecule has 0 spiro atoms. The van der Waals surface area contributed by atoms with E-state index in [0.717, 1.165) is 4.68 Å². The van der Waals surface area contributed by atoms with Gasteiger partial charge >= 0.3 is 12.1 Å². The molecular formula is C13H13IN2O4. The smallest absolute Gasteiger partial charge is 0.435 e. The molecule has 1 N–H and O–H groups in total. The van der Waals surface area contributed by atoms with Gasteiger partial charge < -0.3 is 9.84 Å². The summed E-state index contributed by atoms with van der Waals surface area (Å²) in [5.41, 5.74) is -0.132. The highest BCUT2D eigenvalue weighted by molar-refractivity contribution is 14.1. The maximum absolute atomic E-state index is 12.1. The number of rotatable bonds is 1. The predicted octanol–water partition coefficient (Wildman–Crippen LogP) is 3.12. The summed E-state index contributed by atoms with van der Waals surface area (Å²) >= 11 is 1.99. The second kappa shape index (κ2) is 5.04. The molecule has 2 aromatic rings. The van der Waals surface area contributed by atoms with E-state index >= 15 is 0 Å². The number of carbonyl (C=O) groups excluding carboxylic acids is 1. The van der Waals surface area contributed by atoms with Crippen molar-refractivity contribution >= 4 is 45.6 Å². The van der Waals surface area contributed by atoms with Crippen molar-refractivity contribution in [1.82, 2.24) is 9.78 Å². The minimum Gasteiger partial charge on any atom is -0.478 e. The molecule has 6 nitrogen and oxygen atoms in total. The third-order valence-corrected chi connectivity index (χ3v) is 3.25. The SMILES string of the molecule is CC(C)(C)OC(=O)n1nc(I)c2ccc(C(=O)O)cc21. The van der Waals surface area contributed by atoms with Gasteiger partial charge in [-0.1, -0.05) is 0 Å². The molecule has 7 heteroatoms. The van der Waals surface area contributed by atoms with Crippen molar-refractivity contribution < 1.29 is 19.4 Å². The Morgan fingerprint density at radius 3 is 2.55 bits per heavy atom. The zero-order chi connectivity index (χ0) is 15.1. The number of carbonyl (C=O) groups is 2. The number of hydrogen-bond donors (Lipinski definition) is 1. The zero-order valence-corrected chi connectivity index (χ0v) is 13.3. The van der Waals surface area contributed by atoms with Gasteiger partial charge in [0.05, 0.1) is 11.1 Å². The van der Waals surface area contributed by atoms with E-state index in [4.69, 9.17) is 9.84 Å². The monoisotopic (exact) mass is 388 g/mol. The molecule has 1 aromatic heterocycles. The molecule has 0 radical (unpaired) electrons. The third kappa shape index (κ3) is 2.92. The first-order chi connectivity index (χ1) is 9.19. The van der Waals surface area contributed by atoms with E-state index in [0.29, 0.717) is 14.6 Å². The van der Waals surface area contributed by atoms with Crippen LogP contribution in [0.4, 0.5) is 4.79 Å². The van der Waals surface area contributed by atoms with Crippen molar-refractivity contribution in [3.05, 3.63) is 27.5 Å². The topological polar surface area (TPSA) is 81.4 Å². The minimum atomic E-state index is -1.06. The van der Waals surface area contributed by atoms with Gasteiger partial charge in [0.15, 0.2) is 0 Å². The standard InChI is InChI=1S/C13H13IN2O4/c1-13(2,3)20-12(19)16-9-6-7(11(17)18)4-5-8(9)10(14)15-16/h4-6H,1-3H3,(H,17,18). The van der Waals surface area contributed by atoms with E-state index in [1.54, 1.807) is 26.8 Å². The summed E-state index contributed by atoms with van der Waals surface area (Å²) in [6, 6.07) is 4.53. The zero-order valence-electron chi connectivity index (χ0n) is 11.2. The molecule has 1 heterocycles. The molecule has 0 saturated heterocycles. The number of ether oxygens (including phenoxy) is 1. The Labute approximate surface area is 128 Å². The van der Waals surface area contributed by atoms with Gasteiger partial charge in [-0.15, -0.1) is 0 Å². The van der Waals surface area contributed by atoms with Gasteiger partial charge in [0.2, 0.25) is 0 Å². The first-order valence-electron chi connectivity index (χ1n) is 5.84. The van der Waals surface area contributed by atoms with Crippen molar-refractivity contribution in [2.75, 3.05) is 0 Å². The van der Waals surface area contributed by atoms with Crippen LogP contribution in [0.1, 0.15) is 31.1 Å². The Morgan fingerprint density at radius 2 is 2.00 bits per heavy atom. The minimum absolute atomic E-state index is 0.0959. The van der Waals surface area contributed by atoms with Gasteiger partial charge in [0, 0.05) is 5.39 Å². The molecule has 0 bridgehead atoms. The van der Waals surface area contributed by atoms with E-state index in [2.05, 4.69) is 5.10 Å². The molecule has 0 saturated carbocycles. The van der Waals surface area contributed by atoms with Crippen molar-refractivity contribution in [2.24, 2.45) is 0 Å². The lowest BCUT2D eigenvalue weighted by Crippen LogP contribution is -2.27. The number of carboxylic acid groups (broad SMARTS) is 1. The summed E-state index contributed by atoms with van der Waals surface area (Å²) in [5.74, 6) is -1.06. The van der Waals surface area contributed by atoms with Gasteiger partial charge in [-0.2, -0.15) is 9.78 Å². The fourth-order valence-corrected chi connectivity index (χ4v) is 2.33. The van der Waals surface area contributed by atoms with Crippen LogP contribution in [0.5, 0.6) is 0 Å². The fourth-order valence-electron chi connectivity index (χ4n) is 1.65. The molecule has 106 valence electrons. The second-order valence-electron chi connectivity index (χ2n) is 5.22. The average molecular weight is 388 g/mol. The molecule has 0 unspecified atom stereocenters. The predicted molar refractivity (Wildman–Crippen MR) is 81.0 cm³/mol. The maximum atomic E-state index is 12.1. The molecule has 0 aliphatic rings. The van der Waals surface area contributed by atoms with Gasteiger partial charge in [-0.05, 0) is 61.6 Å². The normalized spacial score (nSPS) is 11.6. The number of carboxylic acids is 1. The summed E-state index contributed by atoms with van der Waals surface area (Å²) in [7, 11) is 0. The summed E-state index contributed by atoms with van der Waals surface area (Å²) < 4.78 is 6.96. The Morgan fingerprint density at radius 1 is 1.35 bits per heavy atom. The number of aromatic carboxylic acids is 1. The van der Waals surface area contributed by atoms with E-state index in [9.17, 15) is 9.59 Å². The Balaban J connectivity index is 2.55. The first-order valence-corrected chi connectivity index (χ1v) is 6.92. The second-order valence-corrected chi connectivity index (χ2v) is 6.24. The Hall–Kier alpha value is -1.64. The van der Waals surface area contributed by atoms with Crippen molar-refractivity contribution in [3.63, 3.8) is 0 Å². The van der Waals surface area contributed by atoms with E-state index in [-0.39, 0.29) is 5.56 Å². The highest BCUT2D eigenvalue weighted by Crippen LogP contribution is 2.23. The summed E-state index contributed by atoms with van der Waals surface area (Å²) in [6.45, 7) is 5.26. The number of benzene rings is 1. The quantitative estimate of drug-likeness (QED) is 0.760. The molecular weight excluding hydrogens is 375 g/mol. The van der Waals surface area contributed by atoms with Gasteiger partial charge in [-0.25, -0.2) is 9.59 Å². The van der Waals surface area contributed by atoms with Gasteiger partial charge in [-0.3, -0.25) is 0 Å². The largest absolute Gasteiger partial charge is 0.478 e. The summed E-state index contributed by atoms with van der Waals surface area (Å²) in [5, 5.41) is 13.8. The number of aromatic nitrogens is 2. The molecule has 0 atom stereocenters. The van der Waals surface area contributed by atoms with Crippen LogP contribution in [0.25, 0.3) is 10.9 Å². The van der Waals surface area contributed by atoms with E-state index in [1.165, 1.54) is 12.1 Å². The summed E-state index contributed by atoms with van der Waals surface area (Å²) in [4.78, 5) is 23.1. The number of fused-ring (bicyclic) bond motifs is 1. The van der Waals surface area contributed by atoms with Crippen LogP contribution < -0.4 is 0 Å². The molecule has 0 fully saturated rings. The molecule has 0 amide bonds. The van der Waals surface area contributed by atoms with Crippen LogP contribution >= 0.6 is 22.6 Å². The number of hydrogen-bond acceptors (Lipinski definition) is 4. The molecule has 1 aromatic carbocycles. The first kappa shape index (κ1) is 14.8. The Kier molecular flexibility index (Phi) is 3.72. The summed E-state index contributed by atoms with van der Waals surface area (Å²) in [6.07, 6.45) is -0.632. The number of halogens is 1. The van der Waals surface area contributed by atoms with Gasteiger partial charge in [0.25, 0.3) is 0 Å². The van der Waals surface area contributed by atoms with Crippen LogP contribution in [0.2, 0.25) is 0 Å². The lowest BCUT2D eigenvalue weighted by molar-refractivity contribution is 0.0521. The molecule has 0 aliphatic heterocycles. The highest BCUT2D eigenvalue weighted by Gasteiger charge is 2.22. The van der Waals surface area contributed by atoms with E-state index < -0.39 is 17.7 Å². The van der Waals surface area contributed by atoms with Crippen LogP contribution in [0.15, 0.2) is 18.2 Å².